The Bertz CT molecular complexity index is 931. The fourth-order valence-electron chi connectivity index (χ4n) is 3.13. The smallest absolute Gasteiger partial charge is 0.254 e. The van der Waals surface area contributed by atoms with E-state index in [-0.39, 0.29) is 24.3 Å². The number of rotatable bonds is 6. The van der Waals surface area contributed by atoms with Crippen molar-refractivity contribution in [2.45, 2.75) is 19.4 Å². The van der Waals surface area contributed by atoms with E-state index in [4.69, 9.17) is 23.2 Å². The van der Waals surface area contributed by atoms with Crippen LogP contribution in [0.2, 0.25) is 10.0 Å². The predicted octanol–water partition coefficient (Wildman–Crippen LogP) is 3.83. The first-order valence-electron chi connectivity index (χ1n) is 9.20. The van der Waals surface area contributed by atoms with Crippen molar-refractivity contribution in [3.63, 3.8) is 0 Å². The van der Waals surface area contributed by atoms with E-state index in [9.17, 15) is 14.4 Å². The van der Waals surface area contributed by atoms with E-state index < -0.39 is 0 Å². The Balaban J connectivity index is 1.55. The number of amides is 3. The fourth-order valence-corrected chi connectivity index (χ4v) is 3.42. The molecule has 1 heterocycles. The lowest BCUT2D eigenvalue weighted by molar-refractivity contribution is -0.128. The lowest BCUT2D eigenvalue weighted by atomic mass is 10.1. The van der Waals surface area contributed by atoms with Crippen LogP contribution in [0.1, 0.15) is 28.8 Å². The number of anilines is 1. The Morgan fingerprint density at radius 1 is 1.10 bits per heavy atom. The largest absolute Gasteiger partial charge is 0.338 e. The number of likely N-dealkylation sites (N-methyl/N-ethyl adjacent to an activating group) is 1. The lowest BCUT2D eigenvalue weighted by Gasteiger charge is -2.18. The summed E-state index contributed by atoms with van der Waals surface area (Å²) in [5.41, 5.74) is 1.95. The third-order valence-electron chi connectivity index (χ3n) is 4.68. The first-order valence-corrected chi connectivity index (χ1v) is 9.96. The van der Waals surface area contributed by atoms with Crippen LogP contribution in [0.15, 0.2) is 42.5 Å². The summed E-state index contributed by atoms with van der Waals surface area (Å²) < 4.78 is 0. The van der Waals surface area contributed by atoms with Crippen LogP contribution in [0.3, 0.4) is 0 Å². The van der Waals surface area contributed by atoms with Crippen LogP contribution in [-0.2, 0) is 16.1 Å². The Hall–Kier alpha value is -2.57. The molecule has 0 unspecified atom stereocenters. The first kappa shape index (κ1) is 21.1. The summed E-state index contributed by atoms with van der Waals surface area (Å²) in [4.78, 5) is 39.7. The summed E-state index contributed by atoms with van der Waals surface area (Å²) in [6, 6.07) is 11.9. The van der Waals surface area contributed by atoms with Gasteiger partial charge in [-0.05, 0) is 42.3 Å². The van der Waals surface area contributed by atoms with Crippen LogP contribution in [0, 0.1) is 0 Å². The molecule has 0 aromatic heterocycles. The number of carbonyl (C=O) groups is 3. The van der Waals surface area contributed by atoms with Crippen molar-refractivity contribution in [1.82, 2.24) is 9.80 Å². The second-order valence-electron chi connectivity index (χ2n) is 6.95. The summed E-state index contributed by atoms with van der Waals surface area (Å²) in [7, 11) is 1.56. The van der Waals surface area contributed by atoms with E-state index in [1.54, 1.807) is 37.4 Å². The second kappa shape index (κ2) is 9.29. The molecule has 0 aliphatic carbocycles. The molecular weight excluding hydrogens is 413 g/mol. The van der Waals surface area contributed by atoms with Gasteiger partial charge in [0.15, 0.2) is 0 Å². The van der Waals surface area contributed by atoms with Crippen LogP contribution in [-0.4, -0.2) is 47.7 Å². The molecule has 3 rings (SSSR count). The molecule has 0 spiro atoms. The Morgan fingerprint density at radius 2 is 1.83 bits per heavy atom. The molecule has 1 saturated heterocycles. The molecule has 1 fully saturated rings. The van der Waals surface area contributed by atoms with Crippen molar-refractivity contribution in [2.75, 3.05) is 25.5 Å². The number of hydrogen-bond acceptors (Lipinski definition) is 3. The molecule has 2 aromatic rings. The van der Waals surface area contributed by atoms with Gasteiger partial charge in [0.1, 0.15) is 0 Å². The summed E-state index contributed by atoms with van der Waals surface area (Å²) in [5.74, 6) is -0.445. The summed E-state index contributed by atoms with van der Waals surface area (Å²) in [5, 5.41) is 3.42. The van der Waals surface area contributed by atoms with Crippen LogP contribution >= 0.6 is 23.2 Å². The average molecular weight is 434 g/mol. The zero-order valence-corrected chi connectivity index (χ0v) is 17.5. The monoisotopic (exact) mass is 433 g/mol. The molecule has 2 aromatic carbocycles. The van der Waals surface area contributed by atoms with E-state index >= 15 is 0 Å². The van der Waals surface area contributed by atoms with Crippen LogP contribution in [0.25, 0.3) is 0 Å². The molecule has 0 saturated carbocycles. The van der Waals surface area contributed by atoms with Crippen molar-refractivity contribution in [3.8, 4) is 0 Å². The van der Waals surface area contributed by atoms with Gasteiger partial charge in [-0.1, -0.05) is 35.3 Å². The fraction of sp³-hybridized carbons (Fsp3) is 0.286. The minimum absolute atomic E-state index is 0.108. The van der Waals surface area contributed by atoms with Crippen LogP contribution in [0.5, 0.6) is 0 Å². The molecule has 0 bridgehead atoms. The van der Waals surface area contributed by atoms with Crippen molar-refractivity contribution in [1.29, 1.82) is 0 Å². The molecule has 6 nitrogen and oxygen atoms in total. The number of halogens is 2. The third kappa shape index (κ3) is 5.49. The van der Waals surface area contributed by atoms with Crippen molar-refractivity contribution < 1.29 is 14.4 Å². The molecule has 1 N–H and O–H groups in total. The number of benzene rings is 2. The Labute approximate surface area is 179 Å². The maximum atomic E-state index is 12.6. The van der Waals surface area contributed by atoms with Gasteiger partial charge in [-0.2, -0.15) is 0 Å². The highest BCUT2D eigenvalue weighted by atomic mass is 35.5. The SMILES string of the molecule is CN(CC(=O)Nc1ccc(Cl)c(Cl)c1)C(=O)c1ccc(CN2CCCC2=O)cc1. The van der Waals surface area contributed by atoms with E-state index in [0.717, 1.165) is 18.5 Å². The Morgan fingerprint density at radius 3 is 2.45 bits per heavy atom. The quantitative estimate of drug-likeness (QED) is 0.752. The summed E-state index contributed by atoms with van der Waals surface area (Å²) >= 11 is 11.8. The molecular formula is C21H21Cl2N3O3. The third-order valence-corrected chi connectivity index (χ3v) is 5.42. The van der Waals surface area contributed by atoms with Crippen molar-refractivity contribution >= 4 is 46.6 Å². The first-order chi connectivity index (χ1) is 13.8. The van der Waals surface area contributed by atoms with Gasteiger partial charge in [0.05, 0.1) is 16.6 Å². The van der Waals surface area contributed by atoms with Gasteiger partial charge in [0.25, 0.3) is 5.91 Å². The Kier molecular flexibility index (Phi) is 6.77. The molecule has 1 aliphatic heterocycles. The molecule has 8 heteroatoms. The van der Waals surface area contributed by atoms with Gasteiger partial charge < -0.3 is 15.1 Å². The number of hydrogen-bond donors (Lipinski definition) is 1. The van der Waals surface area contributed by atoms with E-state index in [1.807, 2.05) is 17.0 Å². The zero-order chi connectivity index (χ0) is 21.0. The highest BCUT2D eigenvalue weighted by Crippen LogP contribution is 2.25. The molecule has 29 heavy (non-hydrogen) atoms. The molecule has 1 aliphatic rings. The van der Waals surface area contributed by atoms with Crippen LogP contribution in [0.4, 0.5) is 5.69 Å². The molecule has 152 valence electrons. The van der Waals surface area contributed by atoms with Gasteiger partial charge >= 0.3 is 0 Å². The molecule has 0 radical (unpaired) electrons. The van der Waals surface area contributed by atoms with E-state index in [2.05, 4.69) is 5.32 Å². The number of nitrogens with one attached hydrogen (secondary N) is 1. The minimum atomic E-state index is -0.344. The van der Waals surface area contributed by atoms with Gasteiger partial charge in [-0.3, -0.25) is 14.4 Å². The normalized spacial score (nSPS) is 13.5. The number of carbonyl (C=O) groups excluding carboxylic acids is 3. The maximum Gasteiger partial charge on any atom is 0.254 e. The van der Waals surface area contributed by atoms with Gasteiger partial charge in [-0.15, -0.1) is 0 Å². The van der Waals surface area contributed by atoms with Gasteiger partial charge in [0.2, 0.25) is 11.8 Å². The molecule has 0 atom stereocenters. The maximum absolute atomic E-state index is 12.6. The number of likely N-dealkylation sites (tertiary alicyclic amines) is 1. The lowest BCUT2D eigenvalue weighted by Crippen LogP contribution is -2.35. The molecule has 3 amide bonds. The van der Waals surface area contributed by atoms with E-state index in [0.29, 0.717) is 34.3 Å². The summed E-state index contributed by atoms with van der Waals surface area (Å²) in [6.07, 6.45) is 1.50. The highest BCUT2D eigenvalue weighted by molar-refractivity contribution is 6.42. The van der Waals surface area contributed by atoms with Crippen molar-refractivity contribution in [2.24, 2.45) is 0 Å². The average Bonchev–Trinajstić information content (AvgIpc) is 3.09. The van der Waals surface area contributed by atoms with E-state index in [1.165, 1.54) is 4.90 Å². The summed E-state index contributed by atoms with van der Waals surface area (Å²) in [6.45, 7) is 1.22. The minimum Gasteiger partial charge on any atom is -0.338 e. The standard InChI is InChI=1S/C21H21Cl2N3O3/c1-25(13-19(27)24-16-8-9-17(22)18(23)11-16)21(29)15-6-4-14(5-7-15)12-26-10-2-3-20(26)28/h4-9,11H,2-3,10,12-13H2,1H3,(H,24,27). The van der Waals surface area contributed by atoms with Crippen molar-refractivity contribution in [3.05, 3.63) is 63.6 Å². The topological polar surface area (TPSA) is 69.7 Å². The predicted molar refractivity (Wildman–Crippen MR) is 113 cm³/mol. The number of nitrogens with zero attached hydrogens (tertiary/aromatic N) is 2. The van der Waals surface area contributed by atoms with Gasteiger partial charge in [0, 0.05) is 37.8 Å². The van der Waals surface area contributed by atoms with Gasteiger partial charge in [-0.25, -0.2) is 0 Å². The highest BCUT2D eigenvalue weighted by Gasteiger charge is 2.20. The second-order valence-corrected chi connectivity index (χ2v) is 7.77. The van der Waals surface area contributed by atoms with Crippen LogP contribution < -0.4 is 5.32 Å². The zero-order valence-electron chi connectivity index (χ0n) is 16.0.